The van der Waals surface area contributed by atoms with Crippen LogP contribution in [0.4, 0.5) is 37.7 Å². The molecule has 2 saturated heterocycles. The Balaban J connectivity index is 1.55. The first-order chi connectivity index (χ1) is 15.9. The first kappa shape index (κ1) is 24.0. The second-order valence-electron chi connectivity index (χ2n) is 8.24. The number of anilines is 2. The van der Waals surface area contributed by atoms with Gasteiger partial charge in [-0.2, -0.15) is 26.3 Å². The molecule has 4 rings (SSSR count). The van der Waals surface area contributed by atoms with Crippen LogP contribution in [0.3, 0.4) is 0 Å². The van der Waals surface area contributed by atoms with Crippen LogP contribution < -0.4 is 21.1 Å². The number of Topliss-reactive ketones (excluding diaryl/α,β-unsaturated/α-hetero) is 1. The molecule has 0 bridgehead atoms. The molecule has 0 spiro atoms. The van der Waals surface area contributed by atoms with Crippen LogP contribution in [0.1, 0.15) is 18.1 Å². The fourth-order valence-electron chi connectivity index (χ4n) is 4.31. The number of halogens is 6. The quantitative estimate of drug-likeness (QED) is 0.455. The number of para-hydroxylation sites is 1. The lowest BCUT2D eigenvalue weighted by Gasteiger charge is -2.35. The van der Waals surface area contributed by atoms with Gasteiger partial charge in [0.05, 0.1) is 22.7 Å². The number of nitrogens with zero attached hydrogens (tertiary/aromatic N) is 1. The van der Waals surface area contributed by atoms with Crippen molar-refractivity contribution in [2.24, 2.45) is 11.8 Å². The van der Waals surface area contributed by atoms with E-state index in [0.29, 0.717) is 12.1 Å². The third kappa shape index (κ3) is 4.60. The van der Waals surface area contributed by atoms with Crippen molar-refractivity contribution in [2.45, 2.75) is 31.5 Å². The van der Waals surface area contributed by atoms with Gasteiger partial charge in [-0.25, -0.2) is 5.43 Å². The number of amides is 1. The van der Waals surface area contributed by atoms with Crippen molar-refractivity contribution < 1.29 is 35.9 Å². The average molecular weight is 486 g/mol. The molecule has 6 nitrogen and oxygen atoms in total. The van der Waals surface area contributed by atoms with Crippen molar-refractivity contribution in [1.29, 1.82) is 0 Å². The topological polar surface area (TPSA) is 73.5 Å². The highest BCUT2D eigenvalue weighted by Gasteiger charge is 2.50. The van der Waals surface area contributed by atoms with E-state index in [1.807, 2.05) is 30.3 Å². The number of rotatable bonds is 3. The normalized spacial score (nSPS) is 25.3. The zero-order valence-corrected chi connectivity index (χ0v) is 17.7. The summed E-state index contributed by atoms with van der Waals surface area (Å²) < 4.78 is 78.6. The number of fused-ring (bicyclic) bond motifs is 1. The summed E-state index contributed by atoms with van der Waals surface area (Å²) in [6, 6.07) is 9.56. The fraction of sp³-hybridized carbons (Fsp3) is 0.364. The second-order valence-corrected chi connectivity index (χ2v) is 8.24. The summed E-state index contributed by atoms with van der Waals surface area (Å²) >= 11 is 0. The molecule has 3 N–H and O–H groups in total. The Hall–Kier alpha value is -3.12. The van der Waals surface area contributed by atoms with Crippen LogP contribution >= 0.6 is 0 Å². The summed E-state index contributed by atoms with van der Waals surface area (Å²) in [5.74, 6) is -3.39. The molecule has 34 heavy (non-hydrogen) atoms. The van der Waals surface area contributed by atoms with Gasteiger partial charge < -0.3 is 5.32 Å². The number of carbonyl (C=O) groups excluding carboxylic acids is 2. The lowest BCUT2D eigenvalue weighted by molar-refractivity contribution is -0.143. The summed E-state index contributed by atoms with van der Waals surface area (Å²) in [6.45, 7) is 1.62. The molecule has 2 aliphatic rings. The molecule has 12 heteroatoms. The van der Waals surface area contributed by atoms with Gasteiger partial charge in [-0.3, -0.25) is 19.9 Å². The first-order valence-corrected chi connectivity index (χ1v) is 10.3. The maximum absolute atomic E-state index is 13.2. The van der Waals surface area contributed by atoms with Gasteiger partial charge in [-0.05, 0) is 37.3 Å². The maximum Gasteiger partial charge on any atom is 0.416 e. The molecular formula is C22H20F6N4O2. The van der Waals surface area contributed by atoms with Gasteiger partial charge in [0.15, 0.2) is 5.78 Å². The van der Waals surface area contributed by atoms with Crippen molar-refractivity contribution in [3.05, 3.63) is 59.7 Å². The van der Waals surface area contributed by atoms with E-state index >= 15 is 0 Å². The highest BCUT2D eigenvalue weighted by atomic mass is 19.4. The molecule has 0 radical (unpaired) electrons. The second kappa shape index (κ2) is 8.58. The third-order valence-corrected chi connectivity index (χ3v) is 5.91. The van der Waals surface area contributed by atoms with E-state index in [0.717, 1.165) is 5.69 Å². The smallest absolute Gasteiger partial charge is 0.325 e. The molecule has 182 valence electrons. The molecule has 0 aromatic heterocycles. The zero-order valence-electron chi connectivity index (χ0n) is 17.7. The summed E-state index contributed by atoms with van der Waals surface area (Å²) in [7, 11) is 0. The predicted molar refractivity (Wildman–Crippen MR) is 110 cm³/mol. The molecule has 1 amide bonds. The minimum Gasteiger partial charge on any atom is -0.325 e. The van der Waals surface area contributed by atoms with Crippen LogP contribution in [0, 0.1) is 11.8 Å². The van der Waals surface area contributed by atoms with Gasteiger partial charge in [0, 0.05) is 18.3 Å². The van der Waals surface area contributed by atoms with E-state index < -0.39 is 58.9 Å². The summed E-state index contributed by atoms with van der Waals surface area (Å²) in [4.78, 5) is 25.9. The van der Waals surface area contributed by atoms with Crippen molar-refractivity contribution in [3.63, 3.8) is 0 Å². The molecule has 0 saturated carbocycles. The fourth-order valence-corrected chi connectivity index (χ4v) is 4.31. The standard InChI is InChI=1S/C22H20F6N4O2/c1-11-17-18(33)16(10-29-19(17)32(31-11)15-5-3-2-4-6-15)20(34)30-14-8-12(21(23,24)25)7-13(9-14)22(26,27)28/h2-9,11,16-17,19,29,31H,10H2,1H3,(H,30,34). The summed E-state index contributed by atoms with van der Waals surface area (Å²) in [6.07, 6.45) is -10.6. The number of piperidine rings is 1. The van der Waals surface area contributed by atoms with E-state index in [2.05, 4.69) is 16.1 Å². The van der Waals surface area contributed by atoms with Crippen LogP contribution in [0.2, 0.25) is 0 Å². The number of benzene rings is 2. The highest BCUT2D eigenvalue weighted by Crippen LogP contribution is 2.38. The van der Waals surface area contributed by atoms with E-state index in [4.69, 9.17) is 0 Å². The highest BCUT2D eigenvalue weighted by molar-refractivity contribution is 6.09. The van der Waals surface area contributed by atoms with Crippen molar-refractivity contribution >= 4 is 23.1 Å². The summed E-state index contributed by atoms with van der Waals surface area (Å²) in [5, 5.41) is 6.94. The van der Waals surface area contributed by atoms with Crippen LogP contribution in [-0.4, -0.2) is 30.4 Å². The Labute approximate surface area is 190 Å². The maximum atomic E-state index is 13.2. The minimum absolute atomic E-state index is 0.0301. The van der Waals surface area contributed by atoms with E-state index in [9.17, 15) is 35.9 Å². The van der Waals surface area contributed by atoms with Gasteiger partial charge in [-0.15, -0.1) is 0 Å². The Morgan fingerprint density at radius 3 is 2.15 bits per heavy atom. The first-order valence-electron chi connectivity index (χ1n) is 10.3. The van der Waals surface area contributed by atoms with Crippen LogP contribution in [-0.2, 0) is 21.9 Å². The third-order valence-electron chi connectivity index (χ3n) is 5.91. The molecule has 4 atom stereocenters. The summed E-state index contributed by atoms with van der Waals surface area (Å²) in [5.41, 5.74) is 0.150. The zero-order chi connectivity index (χ0) is 24.8. The monoisotopic (exact) mass is 486 g/mol. The molecule has 2 heterocycles. The van der Waals surface area contributed by atoms with Crippen molar-refractivity contribution in [3.8, 4) is 0 Å². The van der Waals surface area contributed by atoms with E-state index in [1.54, 1.807) is 11.9 Å². The van der Waals surface area contributed by atoms with Gasteiger partial charge in [0.1, 0.15) is 12.1 Å². The van der Waals surface area contributed by atoms with Gasteiger partial charge in [-0.1, -0.05) is 18.2 Å². The number of hydrazine groups is 1. The van der Waals surface area contributed by atoms with Gasteiger partial charge in [0.2, 0.25) is 5.91 Å². The van der Waals surface area contributed by atoms with Crippen LogP contribution in [0.25, 0.3) is 0 Å². The number of nitrogens with one attached hydrogen (secondary N) is 3. The largest absolute Gasteiger partial charge is 0.416 e. The molecule has 2 aromatic carbocycles. The number of ketones is 1. The Morgan fingerprint density at radius 2 is 1.59 bits per heavy atom. The lowest BCUT2D eigenvalue weighted by atomic mass is 9.83. The molecule has 2 aromatic rings. The molecule has 2 fully saturated rings. The Bertz CT molecular complexity index is 1060. The minimum atomic E-state index is -5.05. The Morgan fingerprint density at radius 1 is 1.00 bits per heavy atom. The van der Waals surface area contributed by atoms with E-state index in [1.165, 1.54) is 0 Å². The number of carbonyl (C=O) groups is 2. The predicted octanol–water partition coefficient (Wildman–Crippen LogP) is 3.81. The van der Waals surface area contributed by atoms with Crippen LogP contribution in [0.15, 0.2) is 48.5 Å². The molecule has 4 unspecified atom stereocenters. The average Bonchev–Trinajstić information content (AvgIpc) is 3.10. The van der Waals surface area contributed by atoms with Crippen molar-refractivity contribution in [1.82, 2.24) is 10.7 Å². The molecule has 2 aliphatic heterocycles. The van der Waals surface area contributed by atoms with Gasteiger partial charge in [0.25, 0.3) is 0 Å². The number of alkyl halides is 6. The molecular weight excluding hydrogens is 466 g/mol. The Kier molecular flexibility index (Phi) is 6.06. The lowest BCUT2D eigenvalue weighted by Crippen LogP contribution is -2.58. The SMILES string of the molecule is CC1NN(c2ccccc2)C2NCC(C(=O)Nc3cc(C(F)(F)F)cc(C(F)(F)F)c3)C(=O)C12. The van der Waals surface area contributed by atoms with Gasteiger partial charge >= 0.3 is 12.4 Å². The van der Waals surface area contributed by atoms with Crippen LogP contribution in [0.5, 0.6) is 0 Å². The van der Waals surface area contributed by atoms with E-state index in [-0.39, 0.29) is 18.7 Å². The number of hydrogen-bond donors (Lipinski definition) is 3. The van der Waals surface area contributed by atoms with Crippen molar-refractivity contribution in [2.75, 3.05) is 16.9 Å². The number of hydrogen-bond acceptors (Lipinski definition) is 5. The molecule has 0 aliphatic carbocycles.